The lowest BCUT2D eigenvalue weighted by Gasteiger charge is -2.28. The minimum Gasteiger partial charge on any atom is -0.449 e. The molecule has 0 saturated carbocycles. The van der Waals surface area contributed by atoms with E-state index < -0.39 is 42.0 Å². The number of likely N-dealkylation sites (tertiary alicyclic amines) is 1. The highest BCUT2D eigenvalue weighted by Gasteiger charge is 2.59. The molecule has 2 fully saturated rings. The number of benzene rings is 3. The average Bonchev–Trinajstić information content (AvgIpc) is 3.56. The van der Waals surface area contributed by atoms with E-state index >= 15 is 0 Å². The van der Waals surface area contributed by atoms with E-state index in [1.807, 2.05) is 42.5 Å². The Balaban J connectivity index is 1.09. The summed E-state index contributed by atoms with van der Waals surface area (Å²) < 4.78 is 5.49. The van der Waals surface area contributed by atoms with Crippen LogP contribution in [0.2, 0.25) is 0 Å². The molecule has 3 aromatic carbocycles. The molecule has 10 nitrogen and oxygen atoms in total. The van der Waals surface area contributed by atoms with Crippen LogP contribution in [-0.2, 0) is 24.0 Å². The fourth-order valence-electron chi connectivity index (χ4n) is 5.51. The number of alkyl carbamates (subject to hydrolysis) is 1. The first-order chi connectivity index (χ1) is 18.9. The number of fused-ring (bicyclic) bond motifs is 4. The molecule has 3 aliphatic rings. The van der Waals surface area contributed by atoms with E-state index in [0.29, 0.717) is 5.69 Å². The standard InChI is InChI=1S/C29H26N4O6/c1-32-27(35)24-25(28(32)36)39-33(17-9-3-2-4-10-17)26(24)31-23(34)15-30-29(37)38-16-22-20-13-7-5-11-18(20)19-12-6-8-14-21(19)22/h2-14,22,24-26H,15-16H2,1H3,(H,30,37)(H,31,34)/t24-,25-,26+/m1/s1. The molecule has 0 aromatic heterocycles. The number of ether oxygens (including phenoxy) is 1. The quantitative estimate of drug-likeness (QED) is 0.474. The first-order valence-electron chi connectivity index (χ1n) is 12.6. The summed E-state index contributed by atoms with van der Waals surface area (Å²) in [6.07, 6.45) is -2.71. The number of imide groups is 1. The first-order valence-corrected chi connectivity index (χ1v) is 12.6. The number of hydrogen-bond donors (Lipinski definition) is 2. The molecule has 198 valence electrons. The van der Waals surface area contributed by atoms with Gasteiger partial charge in [-0.15, -0.1) is 0 Å². The van der Waals surface area contributed by atoms with Crippen molar-refractivity contribution in [3.63, 3.8) is 0 Å². The van der Waals surface area contributed by atoms with Crippen molar-refractivity contribution in [1.29, 1.82) is 0 Å². The average molecular weight is 527 g/mol. The van der Waals surface area contributed by atoms with Gasteiger partial charge >= 0.3 is 6.09 Å². The summed E-state index contributed by atoms with van der Waals surface area (Å²) in [6, 6.07) is 24.9. The number of nitrogens with zero attached hydrogens (tertiary/aromatic N) is 2. The van der Waals surface area contributed by atoms with Gasteiger partial charge in [0.15, 0.2) is 6.10 Å². The van der Waals surface area contributed by atoms with Crippen LogP contribution < -0.4 is 15.7 Å². The van der Waals surface area contributed by atoms with Crippen molar-refractivity contribution in [3.05, 3.63) is 90.0 Å². The number of likely N-dealkylation sites (N-methyl/N-ethyl adjacent to an activating group) is 1. The van der Waals surface area contributed by atoms with Gasteiger partial charge in [0.1, 0.15) is 25.2 Å². The zero-order chi connectivity index (χ0) is 27.1. The van der Waals surface area contributed by atoms with Gasteiger partial charge in [-0.25, -0.2) is 9.86 Å². The molecule has 0 unspecified atom stereocenters. The van der Waals surface area contributed by atoms with Gasteiger partial charge in [-0.05, 0) is 34.4 Å². The molecule has 10 heteroatoms. The molecule has 0 spiro atoms. The Kier molecular flexibility index (Phi) is 6.24. The van der Waals surface area contributed by atoms with Gasteiger partial charge in [-0.3, -0.25) is 24.1 Å². The van der Waals surface area contributed by atoms with Gasteiger partial charge in [0.2, 0.25) is 11.8 Å². The minimum atomic E-state index is -1.04. The number of hydrogen-bond acceptors (Lipinski definition) is 7. The minimum absolute atomic E-state index is 0.105. The van der Waals surface area contributed by atoms with Crippen molar-refractivity contribution in [3.8, 4) is 11.1 Å². The number of carbonyl (C=O) groups excluding carboxylic acids is 4. The van der Waals surface area contributed by atoms with E-state index in [2.05, 4.69) is 22.8 Å². The number of carbonyl (C=O) groups is 4. The van der Waals surface area contributed by atoms with Crippen LogP contribution in [0.1, 0.15) is 17.0 Å². The lowest BCUT2D eigenvalue weighted by Crippen LogP contribution is -2.52. The summed E-state index contributed by atoms with van der Waals surface area (Å²) in [5.41, 5.74) is 4.98. The van der Waals surface area contributed by atoms with Crippen molar-refractivity contribution in [2.75, 3.05) is 25.3 Å². The van der Waals surface area contributed by atoms with Gasteiger partial charge < -0.3 is 15.4 Å². The molecule has 0 bridgehead atoms. The zero-order valence-electron chi connectivity index (χ0n) is 21.1. The topological polar surface area (TPSA) is 117 Å². The Labute approximate surface area is 224 Å². The van der Waals surface area contributed by atoms with Crippen molar-refractivity contribution >= 4 is 29.5 Å². The normalized spacial score (nSPS) is 21.4. The smallest absolute Gasteiger partial charge is 0.407 e. The van der Waals surface area contributed by atoms with Crippen LogP contribution in [-0.4, -0.2) is 61.2 Å². The number of rotatable bonds is 6. The number of anilines is 1. The molecule has 2 heterocycles. The highest BCUT2D eigenvalue weighted by atomic mass is 16.7. The molecular formula is C29H26N4O6. The molecule has 0 radical (unpaired) electrons. The maximum atomic E-state index is 12.9. The summed E-state index contributed by atoms with van der Waals surface area (Å²) in [7, 11) is 1.39. The van der Waals surface area contributed by atoms with Crippen LogP contribution in [0.15, 0.2) is 78.9 Å². The predicted octanol–water partition coefficient (Wildman–Crippen LogP) is 2.40. The molecule has 3 aromatic rings. The van der Waals surface area contributed by atoms with Crippen molar-refractivity contribution in [1.82, 2.24) is 15.5 Å². The number of amides is 4. The lowest BCUT2D eigenvalue weighted by molar-refractivity contribution is -0.141. The maximum absolute atomic E-state index is 12.9. The molecule has 2 N–H and O–H groups in total. The van der Waals surface area contributed by atoms with Crippen LogP contribution in [0.25, 0.3) is 11.1 Å². The molecule has 4 amide bonds. The highest BCUT2D eigenvalue weighted by molar-refractivity contribution is 6.07. The Morgan fingerprint density at radius 3 is 2.15 bits per heavy atom. The predicted molar refractivity (Wildman–Crippen MR) is 140 cm³/mol. The maximum Gasteiger partial charge on any atom is 0.407 e. The zero-order valence-corrected chi connectivity index (χ0v) is 21.1. The van der Waals surface area contributed by atoms with Crippen LogP contribution >= 0.6 is 0 Å². The Morgan fingerprint density at radius 1 is 0.872 bits per heavy atom. The van der Waals surface area contributed by atoms with E-state index in [1.54, 1.807) is 24.3 Å². The molecule has 3 atom stereocenters. The van der Waals surface area contributed by atoms with Crippen LogP contribution in [0.4, 0.5) is 10.5 Å². The molecule has 1 aliphatic carbocycles. The monoisotopic (exact) mass is 526 g/mol. The molecule has 6 rings (SSSR count). The van der Waals surface area contributed by atoms with Crippen LogP contribution in [0, 0.1) is 5.92 Å². The van der Waals surface area contributed by atoms with Gasteiger partial charge in [0, 0.05) is 13.0 Å². The van der Waals surface area contributed by atoms with Gasteiger partial charge in [-0.1, -0.05) is 66.7 Å². The highest BCUT2D eigenvalue weighted by Crippen LogP contribution is 2.44. The largest absolute Gasteiger partial charge is 0.449 e. The van der Waals surface area contributed by atoms with Crippen LogP contribution in [0.5, 0.6) is 0 Å². The van der Waals surface area contributed by atoms with Gasteiger partial charge in [-0.2, -0.15) is 0 Å². The van der Waals surface area contributed by atoms with Gasteiger partial charge in [0.05, 0.1) is 5.69 Å². The van der Waals surface area contributed by atoms with Gasteiger partial charge in [0.25, 0.3) is 5.91 Å². The third kappa shape index (κ3) is 4.28. The van der Waals surface area contributed by atoms with Crippen molar-refractivity contribution in [2.45, 2.75) is 18.2 Å². The lowest BCUT2D eigenvalue weighted by atomic mass is 9.98. The van der Waals surface area contributed by atoms with Crippen molar-refractivity contribution < 1.29 is 28.8 Å². The van der Waals surface area contributed by atoms with E-state index in [4.69, 9.17) is 9.57 Å². The SMILES string of the molecule is CN1C(=O)[C@H]2[C@@H](NC(=O)CNC(=O)OCC3c4ccccc4-c4ccccc43)N(c3ccccc3)O[C@H]2C1=O. The molecule has 39 heavy (non-hydrogen) atoms. The number of hydroxylamine groups is 1. The van der Waals surface area contributed by atoms with E-state index in [0.717, 1.165) is 27.2 Å². The Morgan fingerprint density at radius 2 is 1.49 bits per heavy atom. The second-order valence-corrected chi connectivity index (χ2v) is 9.64. The fourth-order valence-corrected chi connectivity index (χ4v) is 5.51. The summed E-state index contributed by atoms with van der Waals surface area (Å²) >= 11 is 0. The number of para-hydroxylation sites is 1. The van der Waals surface area contributed by atoms with E-state index in [-0.39, 0.29) is 19.1 Å². The first kappa shape index (κ1) is 24.6. The fraction of sp³-hybridized carbons (Fsp3) is 0.241. The Bertz CT molecular complexity index is 1420. The Hall–Kier alpha value is -4.70. The summed E-state index contributed by atoms with van der Waals surface area (Å²) in [5, 5.41) is 6.58. The third-order valence-electron chi connectivity index (χ3n) is 7.39. The van der Waals surface area contributed by atoms with E-state index in [1.165, 1.54) is 12.1 Å². The van der Waals surface area contributed by atoms with Crippen molar-refractivity contribution in [2.24, 2.45) is 5.92 Å². The summed E-state index contributed by atoms with van der Waals surface area (Å²) in [4.78, 5) is 57.5. The summed E-state index contributed by atoms with van der Waals surface area (Å²) in [6.45, 7) is -0.266. The summed E-state index contributed by atoms with van der Waals surface area (Å²) in [5.74, 6) is -2.50. The molecule has 2 aliphatic heterocycles. The number of nitrogens with one attached hydrogen (secondary N) is 2. The second kappa shape index (κ2) is 9.88. The second-order valence-electron chi connectivity index (χ2n) is 9.64. The molecule has 2 saturated heterocycles. The van der Waals surface area contributed by atoms with E-state index in [9.17, 15) is 19.2 Å². The third-order valence-corrected chi connectivity index (χ3v) is 7.39. The molecular weight excluding hydrogens is 500 g/mol. The van der Waals surface area contributed by atoms with Crippen LogP contribution in [0.3, 0.4) is 0 Å².